The number of aliphatic imine (C=N–C) groups is 1. The highest BCUT2D eigenvalue weighted by Crippen LogP contribution is 2.21. The van der Waals surface area contributed by atoms with Gasteiger partial charge in [-0.3, -0.25) is 0 Å². The van der Waals surface area contributed by atoms with Crippen LogP contribution in [-0.4, -0.2) is 31.3 Å². The minimum atomic E-state index is 0. The molecule has 0 spiro atoms. The third kappa shape index (κ3) is 7.78. The van der Waals surface area contributed by atoms with E-state index in [1.165, 1.54) is 5.56 Å². The third-order valence-corrected chi connectivity index (χ3v) is 4.26. The lowest BCUT2D eigenvalue weighted by Crippen LogP contribution is -2.38. The number of nitrogens with zero attached hydrogens (tertiary/aromatic N) is 2. The van der Waals surface area contributed by atoms with Gasteiger partial charge in [0.15, 0.2) is 11.7 Å². The number of halogens is 1. The summed E-state index contributed by atoms with van der Waals surface area (Å²) in [5.74, 6) is 2.92. The number of guanidine groups is 1. The van der Waals surface area contributed by atoms with Crippen LogP contribution in [0.4, 0.5) is 0 Å². The first-order valence-electron chi connectivity index (χ1n) is 9.26. The molecule has 150 valence electrons. The number of hydrogen-bond donors (Lipinski definition) is 2. The minimum absolute atomic E-state index is 0. The van der Waals surface area contributed by atoms with Crippen molar-refractivity contribution in [3.63, 3.8) is 0 Å². The molecule has 0 aliphatic carbocycles. The number of aryl methyl sites for hydroxylation is 1. The van der Waals surface area contributed by atoms with Crippen LogP contribution in [0.5, 0.6) is 5.75 Å². The number of hydrogen-bond acceptors (Lipinski definition) is 4. The van der Waals surface area contributed by atoms with Crippen LogP contribution >= 0.6 is 24.0 Å². The molecule has 1 aromatic heterocycles. The second-order valence-electron chi connectivity index (χ2n) is 6.22. The van der Waals surface area contributed by atoms with Gasteiger partial charge in [0.1, 0.15) is 12.3 Å². The zero-order valence-corrected chi connectivity index (χ0v) is 18.9. The normalized spacial score (nSPS) is 12.2. The highest BCUT2D eigenvalue weighted by Gasteiger charge is 2.07. The van der Waals surface area contributed by atoms with Crippen molar-refractivity contribution < 1.29 is 9.26 Å². The van der Waals surface area contributed by atoms with E-state index in [-0.39, 0.29) is 24.0 Å². The van der Waals surface area contributed by atoms with Crippen LogP contribution in [0.1, 0.15) is 50.1 Å². The molecule has 27 heavy (non-hydrogen) atoms. The summed E-state index contributed by atoms with van der Waals surface area (Å²) in [6.45, 7) is 8.48. The number of ether oxygens (including phenoxy) is 1. The van der Waals surface area contributed by atoms with Crippen LogP contribution in [0.15, 0.2) is 39.8 Å². The Labute approximate surface area is 179 Å². The third-order valence-electron chi connectivity index (χ3n) is 4.26. The van der Waals surface area contributed by atoms with Gasteiger partial charge in [-0.1, -0.05) is 31.1 Å². The lowest BCUT2D eigenvalue weighted by atomic mass is 9.98. The number of aromatic nitrogens is 1. The molecule has 1 heterocycles. The van der Waals surface area contributed by atoms with Crippen molar-refractivity contribution in [3.05, 3.63) is 47.3 Å². The zero-order valence-electron chi connectivity index (χ0n) is 16.6. The smallest absolute Gasteiger partial charge is 0.191 e. The van der Waals surface area contributed by atoms with E-state index in [4.69, 9.17) is 9.26 Å². The first kappa shape index (κ1) is 23.3. The zero-order chi connectivity index (χ0) is 18.8. The summed E-state index contributed by atoms with van der Waals surface area (Å²) in [7, 11) is 1.69. The van der Waals surface area contributed by atoms with Gasteiger partial charge in [0.25, 0.3) is 0 Å². The molecule has 0 saturated heterocycles. The summed E-state index contributed by atoms with van der Waals surface area (Å²) in [6, 6.07) is 10.2. The Morgan fingerprint density at radius 3 is 2.56 bits per heavy atom. The van der Waals surface area contributed by atoms with Crippen LogP contribution in [0.3, 0.4) is 0 Å². The number of benzene rings is 1. The average Bonchev–Trinajstić information content (AvgIpc) is 3.14. The Kier molecular flexibility index (Phi) is 10.8. The maximum absolute atomic E-state index is 5.28. The number of rotatable bonds is 9. The van der Waals surface area contributed by atoms with Crippen molar-refractivity contribution in [2.75, 3.05) is 20.2 Å². The maximum atomic E-state index is 5.28. The molecule has 0 amide bonds. The van der Waals surface area contributed by atoms with E-state index in [0.29, 0.717) is 12.5 Å². The molecule has 0 bridgehead atoms. The fourth-order valence-corrected chi connectivity index (χ4v) is 2.60. The Morgan fingerprint density at radius 2 is 1.96 bits per heavy atom. The van der Waals surface area contributed by atoms with E-state index in [1.807, 2.05) is 18.2 Å². The van der Waals surface area contributed by atoms with Gasteiger partial charge in [0.05, 0.1) is 12.8 Å². The Morgan fingerprint density at radius 1 is 1.22 bits per heavy atom. The van der Waals surface area contributed by atoms with Crippen molar-refractivity contribution in [2.45, 2.75) is 46.1 Å². The van der Waals surface area contributed by atoms with Crippen molar-refractivity contribution >= 4 is 29.9 Å². The SMILES string of the molecule is CCNC(=NCc1cc(CC)no1)NCCC(C)c1ccc(OC)cc1.I. The second-order valence-corrected chi connectivity index (χ2v) is 6.22. The molecule has 0 radical (unpaired) electrons. The topological polar surface area (TPSA) is 71.7 Å². The van der Waals surface area contributed by atoms with Crippen molar-refractivity contribution in [1.29, 1.82) is 0 Å². The van der Waals surface area contributed by atoms with E-state index in [2.05, 4.69) is 53.7 Å². The van der Waals surface area contributed by atoms with Crippen molar-refractivity contribution in [3.8, 4) is 5.75 Å². The summed E-state index contributed by atoms with van der Waals surface area (Å²) in [5, 5.41) is 10.6. The predicted octanol–water partition coefficient (Wildman–Crippen LogP) is 4.11. The standard InChI is InChI=1S/C20H30N4O2.HI/c1-5-17-13-19(26-24-17)14-23-20(21-6-2)22-12-11-15(3)16-7-9-18(25-4)10-8-16;/h7-10,13,15H,5-6,11-12,14H2,1-4H3,(H2,21,22,23);1H. The minimum Gasteiger partial charge on any atom is -0.497 e. The van der Waals surface area contributed by atoms with Gasteiger partial charge in [0, 0.05) is 19.2 Å². The lowest BCUT2D eigenvalue weighted by Gasteiger charge is -2.15. The summed E-state index contributed by atoms with van der Waals surface area (Å²) in [4.78, 5) is 4.57. The van der Waals surface area contributed by atoms with E-state index in [1.54, 1.807) is 7.11 Å². The molecule has 0 aliphatic heterocycles. The van der Waals surface area contributed by atoms with E-state index in [9.17, 15) is 0 Å². The Balaban J connectivity index is 0.00000364. The molecule has 1 unspecified atom stereocenters. The first-order chi connectivity index (χ1) is 12.7. The van der Waals surface area contributed by atoms with Crippen LogP contribution in [0.2, 0.25) is 0 Å². The van der Waals surface area contributed by atoms with E-state index >= 15 is 0 Å². The maximum Gasteiger partial charge on any atom is 0.191 e. The predicted molar refractivity (Wildman–Crippen MR) is 120 cm³/mol. The molecule has 1 atom stereocenters. The highest BCUT2D eigenvalue weighted by molar-refractivity contribution is 14.0. The van der Waals surface area contributed by atoms with Crippen LogP contribution in [-0.2, 0) is 13.0 Å². The fourth-order valence-electron chi connectivity index (χ4n) is 2.60. The summed E-state index contributed by atoms with van der Waals surface area (Å²) >= 11 is 0. The van der Waals surface area contributed by atoms with Gasteiger partial charge in [-0.2, -0.15) is 0 Å². The van der Waals surface area contributed by atoms with Gasteiger partial charge >= 0.3 is 0 Å². The first-order valence-corrected chi connectivity index (χ1v) is 9.26. The second kappa shape index (κ2) is 12.6. The molecule has 7 heteroatoms. The lowest BCUT2D eigenvalue weighted by molar-refractivity contribution is 0.379. The molecule has 2 rings (SSSR count). The van der Waals surface area contributed by atoms with Gasteiger partial charge in [-0.15, -0.1) is 24.0 Å². The molecule has 1 aromatic carbocycles. The molecule has 0 aliphatic rings. The van der Waals surface area contributed by atoms with Gasteiger partial charge in [-0.25, -0.2) is 4.99 Å². The summed E-state index contributed by atoms with van der Waals surface area (Å²) in [5.41, 5.74) is 2.27. The van der Waals surface area contributed by atoms with Crippen LogP contribution in [0, 0.1) is 0 Å². The number of nitrogens with one attached hydrogen (secondary N) is 2. The molecule has 0 fully saturated rings. The molecular weight excluding hydrogens is 455 g/mol. The summed E-state index contributed by atoms with van der Waals surface area (Å²) < 4.78 is 10.5. The van der Waals surface area contributed by atoms with Crippen LogP contribution < -0.4 is 15.4 Å². The Bertz CT molecular complexity index is 686. The van der Waals surface area contributed by atoms with E-state index in [0.717, 1.165) is 49.1 Å². The average molecular weight is 486 g/mol. The van der Waals surface area contributed by atoms with Crippen molar-refractivity contribution in [1.82, 2.24) is 15.8 Å². The summed E-state index contributed by atoms with van der Waals surface area (Å²) in [6.07, 6.45) is 1.88. The van der Waals surface area contributed by atoms with Gasteiger partial charge in [-0.05, 0) is 43.4 Å². The van der Waals surface area contributed by atoms with Gasteiger partial charge < -0.3 is 19.9 Å². The molecule has 6 nitrogen and oxygen atoms in total. The molecular formula is C20H31IN4O2. The quantitative estimate of drug-likeness (QED) is 0.317. The monoisotopic (exact) mass is 486 g/mol. The Hall–Kier alpha value is -1.77. The highest BCUT2D eigenvalue weighted by atomic mass is 127. The van der Waals surface area contributed by atoms with Crippen molar-refractivity contribution in [2.24, 2.45) is 4.99 Å². The van der Waals surface area contributed by atoms with Gasteiger partial charge in [0.2, 0.25) is 0 Å². The van der Waals surface area contributed by atoms with Crippen LogP contribution in [0.25, 0.3) is 0 Å². The fraction of sp³-hybridized carbons (Fsp3) is 0.500. The van der Waals surface area contributed by atoms with E-state index < -0.39 is 0 Å². The largest absolute Gasteiger partial charge is 0.497 e. The molecule has 0 saturated carbocycles. The molecule has 2 N–H and O–H groups in total. The molecule has 2 aromatic rings. The number of methoxy groups -OCH3 is 1.